The number of nitrogens with one attached hydrogen (secondary N) is 1. The maximum absolute atomic E-state index is 12.0. The van der Waals surface area contributed by atoms with E-state index < -0.39 is 0 Å². The van der Waals surface area contributed by atoms with Crippen LogP contribution in [0.1, 0.15) is 25.7 Å². The Morgan fingerprint density at radius 2 is 1.71 bits per heavy atom. The van der Waals surface area contributed by atoms with E-state index in [0.29, 0.717) is 10.9 Å². The lowest BCUT2D eigenvalue weighted by molar-refractivity contribution is -0.113. The summed E-state index contributed by atoms with van der Waals surface area (Å²) in [6.07, 6.45) is 8.53. The van der Waals surface area contributed by atoms with Gasteiger partial charge in [-0.3, -0.25) is 4.79 Å². The average Bonchev–Trinajstić information content (AvgIpc) is 2.91. The smallest absolute Gasteiger partial charge is 0.234 e. The molecule has 0 atom stereocenters. The van der Waals surface area contributed by atoms with Crippen molar-refractivity contribution in [2.24, 2.45) is 0 Å². The molecule has 24 heavy (non-hydrogen) atoms. The zero-order chi connectivity index (χ0) is 16.6. The number of anilines is 2. The van der Waals surface area contributed by atoms with Crippen molar-refractivity contribution in [3.8, 4) is 0 Å². The number of carbonyl (C=O) groups excluding carboxylic acids is 1. The summed E-state index contributed by atoms with van der Waals surface area (Å²) in [6.45, 7) is 2.25. The molecule has 6 heteroatoms. The third kappa shape index (κ3) is 4.96. The van der Waals surface area contributed by atoms with Crippen LogP contribution in [0.5, 0.6) is 0 Å². The number of amides is 1. The molecule has 1 aliphatic rings. The Hall–Kier alpha value is -2.08. The minimum Gasteiger partial charge on any atom is -0.372 e. The fraction of sp³-hybridized carbons (Fsp3) is 0.389. The van der Waals surface area contributed by atoms with E-state index in [-0.39, 0.29) is 5.91 Å². The second-order valence-corrected chi connectivity index (χ2v) is 6.76. The number of rotatable bonds is 5. The van der Waals surface area contributed by atoms with Gasteiger partial charge in [-0.15, -0.1) is 0 Å². The maximum Gasteiger partial charge on any atom is 0.234 e. The van der Waals surface area contributed by atoms with Gasteiger partial charge in [-0.05, 0) is 43.2 Å². The molecule has 1 aromatic carbocycles. The van der Waals surface area contributed by atoms with Crippen molar-refractivity contribution in [3.63, 3.8) is 0 Å². The summed E-state index contributed by atoms with van der Waals surface area (Å²) in [5.41, 5.74) is 2.06. The van der Waals surface area contributed by atoms with Crippen LogP contribution in [0, 0.1) is 0 Å². The van der Waals surface area contributed by atoms with Gasteiger partial charge in [-0.25, -0.2) is 9.97 Å². The summed E-state index contributed by atoms with van der Waals surface area (Å²) >= 11 is 1.33. The lowest BCUT2D eigenvalue weighted by Crippen LogP contribution is -2.23. The van der Waals surface area contributed by atoms with Gasteiger partial charge in [0.1, 0.15) is 0 Å². The molecule has 126 valence electrons. The van der Waals surface area contributed by atoms with Crippen LogP contribution in [0.15, 0.2) is 47.9 Å². The molecule has 0 unspecified atom stereocenters. The minimum absolute atomic E-state index is 0.0463. The Morgan fingerprint density at radius 3 is 2.38 bits per heavy atom. The largest absolute Gasteiger partial charge is 0.372 e. The molecular weight excluding hydrogens is 320 g/mol. The van der Waals surface area contributed by atoms with E-state index >= 15 is 0 Å². The molecule has 0 spiro atoms. The quantitative estimate of drug-likeness (QED) is 0.665. The van der Waals surface area contributed by atoms with E-state index in [1.54, 1.807) is 18.5 Å². The zero-order valence-electron chi connectivity index (χ0n) is 13.6. The zero-order valence-corrected chi connectivity index (χ0v) is 14.5. The molecule has 1 fully saturated rings. The predicted molar refractivity (Wildman–Crippen MR) is 98.5 cm³/mol. The molecule has 0 radical (unpaired) electrons. The number of hydrogen-bond acceptors (Lipinski definition) is 5. The van der Waals surface area contributed by atoms with Gasteiger partial charge < -0.3 is 10.2 Å². The fourth-order valence-corrected chi connectivity index (χ4v) is 3.37. The van der Waals surface area contributed by atoms with E-state index in [4.69, 9.17) is 0 Å². The van der Waals surface area contributed by atoms with E-state index in [1.165, 1.54) is 43.1 Å². The Kier molecular flexibility index (Phi) is 6.07. The lowest BCUT2D eigenvalue weighted by Gasteiger charge is -2.22. The van der Waals surface area contributed by atoms with Gasteiger partial charge in [0, 0.05) is 36.9 Å². The highest BCUT2D eigenvalue weighted by Crippen LogP contribution is 2.22. The first kappa shape index (κ1) is 16.8. The highest BCUT2D eigenvalue weighted by atomic mass is 32.2. The summed E-state index contributed by atoms with van der Waals surface area (Å²) in [4.78, 5) is 22.6. The Bertz CT molecular complexity index is 640. The van der Waals surface area contributed by atoms with Crippen molar-refractivity contribution < 1.29 is 4.79 Å². The summed E-state index contributed by atoms with van der Waals surface area (Å²) < 4.78 is 0. The summed E-state index contributed by atoms with van der Waals surface area (Å²) in [6, 6.07) is 9.89. The van der Waals surface area contributed by atoms with E-state index in [2.05, 4.69) is 32.3 Å². The van der Waals surface area contributed by atoms with Gasteiger partial charge in [0.25, 0.3) is 0 Å². The van der Waals surface area contributed by atoms with Gasteiger partial charge in [-0.2, -0.15) is 0 Å². The third-order valence-electron chi connectivity index (χ3n) is 4.00. The lowest BCUT2D eigenvalue weighted by atomic mass is 10.2. The average molecular weight is 342 g/mol. The van der Waals surface area contributed by atoms with Crippen molar-refractivity contribution in [1.29, 1.82) is 0 Å². The molecule has 5 nitrogen and oxygen atoms in total. The monoisotopic (exact) mass is 342 g/mol. The number of nitrogens with zero attached hydrogens (tertiary/aromatic N) is 3. The second-order valence-electron chi connectivity index (χ2n) is 5.82. The van der Waals surface area contributed by atoms with Crippen LogP contribution in [0.2, 0.25) is 0 Å². The molecule has 2 aromatic rings. The summed E-state index contributed by atoms with van der Waals surface area (Å²) in [5, 5.41) is 3.54. The van der Waals surface area contributed by atoms with Gasteiger partial charge in [0.2, 0.25) is 5.91 Å². The van der Waals surface area contributed by atoms with Crippen LogP contribution in [-0.2, 0) is 4.79 Å². The van der Waals surface area contributed by atoms with Gasteiger partial charge >= 0.3 is 0 Å². The molecule has 3 rings (SSSR count). The summed E-state index contributed by atoms with van der Waals surface area (Å²) in [7, 11) is 0. The van der Waals surface area contributed by atoms with E-state index in [9.17, 15) is 4.79 Å². The highest BCUT2D eigenvalue weighted by Gasteiger charge is 2.10. The number of aromatic nitrogens is 2. The minimum atomic E-state index is -0.0463. The van der Waals surface area contributed by atoms with Crippen molar-refractivity contribution in [2.45, 2.75) is 30.8 Å². The molecule has 1 aromatic heterocycles. The van der Waals surface area contributed by atoms with Crippen LogP contribution in [0.3, 0.4) is 0 Å². The summed E-state index contributed by atoms with van der Waals surface area (Å²) in [5.74, 6) is 0.257. The molecule has 0 bridgehead atoms. The number of benzene rings is 1. The van der Waals surface area contributed by atoms with Crippen molar-refractivity contribution >= 4 is 29.0 Å². The molecule has 1 saturated heterocycles. The van der Waals surface area contributed by atoms with Gasteiger partial charge in [-0.1, -0.05) is 24.6 Å². The number of carbonyl (C=O) groups is 1. The SMILES string of the molecule is O=C(CSc1ncccn1)Nc1ccc(N2CCCCCC2)cc1. The first-order valence-electron chi connectivity index (χ1n) is 8.36. The standard InChI is InChI=1S/C18H22N4OS/c23-17(14-24-18-19-10-5-11-20-18)21-15-6-8-16(9-7-15)22-12-3-1-2-4-13-22/h5-11H,1-4,12-14H2,(H,21,23). The third-order valence-corrected chi connectivity index (χ3v) is 4.87. The normalized spacial score (nSPS) is 14.9. The maximum atomic E-state index is 12.0. The molecule has 0 saturated carbocycles. The van der Waals surface area contributed by atoms with Crippen LogP contribution in [0.4, 0.5) is 11.4 Å². The Labute approximate surface area is 146 Å². The number of hydrogen-bond donors (Lipinski definition) is 1. The van der Waals surface area contributed by atoms with Gasteiger partial charge in [0.15, 0.2) is 5.16 Å². The molecular formula is C18H22N4OS. The highest BCUT2D eigenvalue weighted by molar-refractivity contribution is 7.99. The Morgan fingerprint density at radius 1 is 1.04 bits per heavy atom. The molecule has 2 heterocycles. The molecule has 0 aliphatic carbocycles. The topological polar surface area (TPSA) is 58.1 Å². The van der Waals surface area contributed by atoms with Gasteiger partial charge in [0.05, 0.1) is 5.75 Å². The Balaban J connectivity index is 1.51. The molecule has 1 N–H and O–H groups in total. The van der Waals surface area contributed by atoms with Crippen LogP contribution in [0.25, 0.3) is 0 Å². The first-order valence-corrected chi connectivity index (χ1v) is 9.34. The fourth-order valence-electron chi connectivity index (χ4n) is 2.77. The molecule has 1 aliphatic heterocycles. The first-order chi connectivity index (χ1) is 11.8. The van der Waals surface area contributed by atoms with E-state index in [0.717, 1.165) is 18.8 Å². The second kappa shape index (κ2) is 8.68. The van der Waals surface area contributed by atoms with Crippen molar-refractivity contribution in [3.05, 3.63) is 42.7 Å². The predicted octanol–water partition coefficient (Wildman–Crippen LogP) is 3.59. The van der Waals surface area contributed by atoms with Crippen molar-refractivity contribution in [2.75, 3.05) is 29.1 Å². The van der Waals surface area contributed by atoms with Crippen LogP contribution >= 0.6 is 11.8 Å². The van der Waals surface area contributed by atoms with Crippen LogP contribution in [-0.4, -0.2) is 34.7 Å². The van der Waals surface area contributed by atoms with Crippen LogP contribution < -0.4 is 10.2 Å². The number of thioether (sulfide) groups is 1. The molecule has 1 amide bonds. The van der Waals surface area contributed by atoms with E-state index in [1.807, 2.05) is 12.1 Å². The van der Waals surface area contributed by atoms with Crippen molar-refractivity contribution in [1.82, 2.24) is 9.97 Å².